The van der Waals surface area contributed by atoms with Crippen molar-refractivity contribution < 1.29 is 9.18 Å². The molecule has 3 rings (SSSR count). The van der Waals surface area contributed by atoms with Gasteiger partial charge in [-0.05, 0) is 35.9 Å². The van der Waals surface area contributed by atoms with Gasteiger partial charge in [0.25, 0.3) is 0 Å². The van der Waals surface area contributed by atoms with Crippen molar-refractivity contribution in [3.05, 3.63) is 83.1 Å². The first-order valence-electron chi connectivity index (χ1n) is 7.56. The van der Waals surface area contributed by atoms with Crippen molar-refractivity contribution in [1.29, 1.82) is 0 Å². The van der Waals surface area contributed by atoms with E-state index in [1.807, 2.05) is 23.6 Å². The van der Waals surface area contributed by atoms with E-state index in [1.54, 1.807) is 30.0 Å². The van der Waals surface area contributed by atoms with Crippen molar-refractivity contribution in [1.82, 2.24) is 4.98 Å². The number of carbonyl (C=O) groups is 1. The smallest absolute Gasteiger partial charge is 0.250 e. The van der Waals surface area contributed by atoms with Crippen LogP contribution in [0.5, 0.6) is 0 Å². The molecule has 0 bridgehead atoms. The van der Waals surface area contributed by atoms with E-state index in [1.165, 1.54) is 34.4 Å². The van der Waals surface area contributed by atoms with Crippen LogP contribution in [0.2, 0.25) is 0 Å². The molecular weight excluding hydrogens is 355 g/mol. The minimum Gasteiger partial charge on any atom is -0.298 e. The lowest BCUT2D eigenvalue weighted by atomic mass is 10.2. The summed E-state index contributed by atoms with van der Waals surface area (Å²) in [6.45, 7) is 0. The van der Waals surface area contributed by atoms with Gasteiger partial charge >= 0.3 is 0 Å². The fraction of sp³-hybridized carbons (Fsp3) is 0.0526. The number of anilines is 1. The van der Waals surface area contributed by atoms with Gasteiger partial charge in [-0.1, -0.05) is 30.3 Å². The Morgan fingerprint density at radius 1 is 1.16 bits per heavy atom. The van der Waals surface area contributed by atoms with Crippen molar-refractivity contribution in [2.75, 3.05) is 5.32 Å². The molecule has 1 amide bonds. The Labute approximate surface area is 153 Å². The van der Waals surface area contributed by atoms with Crippen LogP contribution in [0.15, 0.2) is 70.9 Å². The number of thioether (sulfide) groups is 1. The Balaban J connectivity index is 1.52. The van der Waals surface area contributed by atoms with Gasteiger partial charge in [-0.25, -0.2) is 9.37 Å². The van der Waals surface area contributed by atoms with Crippen molar-refractivity contribution in [2.24, 2.45) is 0 Å². The standard InChI is InChI=1S/C19H15FN2OS2/c20-15-9-6-14(7-10-15)8-11-18(23)22-19-21-16(13-25-19)12-24-17-4-2-1-3-5-17/h1-11,13H,12H2,(H,21,22,23)/b11-8+. The lowest BCUT2D eigenvalue weighted by molar-refractivity contribution is -0.111. The first-order valence-corrected chi connectivity index (χ1v) is 9.42. The fourth-order valence-corrected chi connectivity index (χ4v) is 3.63. The molecule has 1 heterocycles. The van der Waals surface area contributed by atoms with Gasteiger partial charge in [-0.15, -0.1) is 23.1 Å². The number of benzene rings is 2. The first kappa shape index (κ1) is 17.4. The number of carbonyl (C=O) groups excluding carboxylic acids is 1. The van der Waals surface area contributed by atoms with Gasteiger partial charge in [-0.2, -0.15) is 0 Å². The molecule has 3 nitrogen and oxygen atoms in total. The monoisotopic (exact) mass is 370 g/mol. The summed E-state index contributed by atoms with van der Waals surface area (Å²) in [4.78, 5) is 17.5. The minimum absolute atomic E-state index is 0.263. The van der Waals surface area contributed by atoms with Crippen LogP contribution in [0.3, 0.4) is 0 Å². The molecule has 0 atom stereocenters. The number of thiazole rings is 1. The molecule has 0 aliphatic rings. The highest BCUT2D eigenvalue weighted by molar-refractivity contribution is 7.98. The molecule has 3 aromatic rings. The summed E-state index contributed by atoms with van der Waals surface area (Å²) < 4.78 is 12.8. The normalized spacial score (nSPS) is 10.9. The summed E-state index contributed by atoms with van der Waals surface area (Å²) in [6, 6.07) is 16.0. The summed E-state index contributed by atoms with van der Waals surface area (Å²) >= 11 is 3.10. The van der Waals surface area contributed by atoms with E-state index in [9.17, 15) is 9.18 Å². The molecular formula is C19H15FN2OS2. The predicted molar refractivity (Wildman–Crippen MR) is 102 cm³/mol. The molecule has 0 aliphatic heterocycles. The van der Waals surface area contributed by atoms with Gasteiger partial charge in [0.15, 0.2) is 5.13 Å². The molecule has 0 spiro atoms. The third-order valence-corrected chi connectivity index (χ3v) is 5.06. The fourth-order valence-electron chi connectivity index (χ4n) is 2.00. The van der Waals surface area contributed by atoms with Crippen molar-refractivity contribution in [2.45, 2.75) is 10.6 Å². The van der Waals surface area contributed by atoms with Gasteiger partial charge in [0.2, 0.25) is 5.91 Å². The van der Waals surface area contributed by atoms with Crippen molar-refractivity contribution in [3.63, 3.8) is 0 Å². The summed E-state index contributed by atoms with van der Waals surface area (Å²) in [6.07, 6.45) is 3.04. The van der Waals surface area contributed by atoms with Crippen LogP contribution >= 0.6 is 23.1 Å². The van der Waals surface area contributed by atoms with E-state index in [0.717, 1.165) is 17.0 Å². The number of nitrogens with zero attached hydrogens (tertiary/aromatic N) is 1. The second kappa shape index (κ2) is 8.60. The van der Waals surface area contributed by atoms with Gasteiger partial charge in [0.05, 0.1) is 5.69 Å². The second-order valence-corrected chi connectivity index (χ2v) is 7.03. The van der Waals surface area contributed by atoms with Gasteiger partial charge in [-0.3, -0.25) is 10.1 Å². The highest BCUT2D eigenvalue weighted by atomic mass is 32.2. The van der Waals surface area contributed by atoms with E-state index in [-0.39, 0.29) is 11.7 Å². The van der Waals surface area contributed by atoms with Crippen LogP contribution in [0.4, 0.5) is 9.52 Å². The van der Waals surface area contributed by atoms with Crippen LogP contribution in [-0.2, 0) is 10.5 Å². The second-order valence-electron chi connectivity index (χ2n) is 5.12. The van der Waals surface area contributed by atoms with E-state index < -0.39 is 0 Å². The zero-order valence-corrected chi connectivity index (χ0v) is 14.8. The summed E-state index contributed by atoms with van der Waals surface area (Å²) in [5.41, 5.74) is 1.69. The number of rotatable bonds is 6. The third-order valence-electron chi connectivity index (χ3n) is 3.21. The molecule has 1 aromatic heterocycles. The highest BCUT2D eigenvalue weighted by Crippen LogP contribution is 2.24. The Kier molecular flexibility index (Phi) is 5.98. The average molecular weight is 370 g/mol. The minimum atomic E-state index is -0.301. The molecule has 0 unspecified atom stereocenters. The SMILES string of the molecule is O=C(/C=C/c1ccc(F)cc1)Nc1nc(CSc2ccccc2)cs1. The Bertz CT molecular complexity index is 861. The van der Waals surface area contributed by atoms with E-state index in [0.29, 0.717) is 5.13 Å². The topological polar surface area (TPSA) is 42.0 Å². The molecule has 0 fully saturated rings. The maximum atomic E-state index is 12.8. The molecule has 1 N–H and O–H groups in total. The number of amides is 1. The van der Waals surface area contributed by atoms with Crippen LogP contribution in [0.1, 0.15) is 11.3 Å². The van der Waals surface area contributed by atoms with Crippen molar-refractivity contribution >= 4 is 40.2 Å². The summed E-state index contributed by atoms with van der Waals surface area (Å²) in [7, 11) is 0. The van der Waals surface area contributed by atoms with Crippen molar-refractivity contribution in [3.8, 4) is 0 Å². The number of hydrogen-bond acceptors (Lipinski definition) is 4. The molecule has 0 saturated heterocycles. The Hall–Kier alpha value is -2.44. The summed E-state index contributed by atoms with van der Waals surface area (Å²) in [5.74, 6) is 0.188. The number of hydrogen-bond donors (Lipinski definition) is 1. The van der Waals surface area contributed by atoms with Crippen LogP contribution in [0.25, 0.3) is 6.08 Å². The first-order chi connectivity index (χ1) is 12.2. The number of halogens is 1. The molecule has 2 aromatic carbocycles. The van der Waals surface area contributed by atoms with Crippen LogP contribution in [-0.4, -0.2) is 10.9 Å². The summed E-state index contributed by atoms with van der Waals surface area (Å²) in [5, 5.41) is 5.25. The van der Waals surface area contributed by atoms with Gasteiger partial charge < -0.3 is 0 Å². The zero-order chi connectivity index (χ0) is 17.5. The zero-order valence-electron chi connectivity index (χ0n) is 13.2. The maximum absolute atomic E-state index is 12.8. The molecule has 6 heteroatoms. The Morgan fingerprint density at radius 2 is 1.92 bits per heavy atom. The van der Waals surface area contributed by atoms with Gasteiger partial charge in [0, 0.05) is 22.1 Å². The average Bonchev–Trinajstić information content (AvgIpc) is 3.08. The number of nitrogens with one attached hydrogen (secondary N) is 1. The lowest BCUT2D eigenvalue weighted by Crippen LogP contribution is -2.07. The van der Waals surface area contributed by atoms with E-state index >= 15 is 0 Å². The predicted octanol–water partition coefficient (Wildman–Crippen LogP) is 5.23. The molecule has 126 valence electrons. The van der Waals surface area contributed by atoms with Crippen LogP contribution in [0, 0.1) is 5.82 Å². The highest BCUT2D eigenvalue weighted by Gasteiger charge is 2.05. The number of aromatic nitrogens is 1. The van der Waals surface area contributed by atoms with Crippen LogP contribution < -0.4 is 5.32 Å². The van der Waals surface area contributed by atoms with E-state index in [4.69, 9.17) is 0 Å². The molecule has 0 radical (unpaired) electrons. The lowest BCUT2D eigenvalue weighted by Gasteiger charge is -1.98. The molecule has 25 heavy (non-hydrogen) atoms. The largest absolute Gasteiger partial charge is 0.298 e. The quantitative estimate of drug-likeness (QED) is 0.477. The molecule has 0 saturated carbocycles. The van der Waals surface area contributed by atoms with E-state index in [2.05, 4.69) is 22.4 Å². The van der Waals surface area contributed by atoms with Gasteiger partial charge in [0.1, 0.15) is 5.82 Å². The maximum Gasteiger partial charge on any atom is 0.250 e. The Morgan fingerprint density at radius 3 is 2.68 bits per heavy atom. The third kappa shape index (κ3) is 5.55. The molecule has 0 aliphatic carbocycles.